The highest BCUT2D eigenvalue weighted by atomic mass is 32.1. The molecular weight excluding hydrogens is 222 g/mol. The van der Waals surface area contributed by atoms with E-state index in [-0.39, 0.29) is 6.61 Å². The number of hydrogen-bond acceptors (Lipinski definition) is 6. The maximum Gasteiger partial charge on any atom is 0.294 e. The van der Waals surface area contributed by atoms with Crippen LogP contribution in [0.4, 0.5) is 5.13 Å². The molecule has 0 aliphatic rings. The first-order valence-electron chi connectivity index (χ1n) is 4.07. The van der Waals surface area contributed by atoms with Gasteiger partial charge in [-0.15, -0.1) is 21.5 Å². The summed E-state index contributed by atoms with van der Waals surface area (Å²) in [5, 5.41) is 12.0. The van der Waals surface area contributed by atoms with Crippen LogP contribution in [0.25, 0.3) is 0 Å². The molecule has 1 amide bonds. The summed E-state index contributed by atoms with van der Waals surface area (Å²) in [4.78, 5) is 29.1. The van der Waals surface area contributed by atoms with Crippen LogP contribution in [0.3, 0.4) is 0 Å². The summed E-state index contributed by atoms with van der Waals surface area (Å²) in [7, 11) is 0. The monoisotopic (exact) mass is 231 g/mol. The largest absolute Gasteiger partial charge is 0.314 e. The van der Waals surface area contributed by atoms with Gasteiger partial charge in [0.25, 0.3) is 5.09 Å². The molecule has 0 atom stereocenters. The lowest BCUT2D eigenvalue weighted by Gasteiger charge is -1.96. The molecule has 82 valence electrons. The number of amides is 1. The van der Waals surface area contributed by atoms with Crippen LogP contribution >= 0.6 is 11.3 Å². The molecule has 0 aromatic carbocycles. The van der Waals surface area contributed by atoms with Gasteiger partial charge in [0.1, 0.15) is 6.61 Å². The van der Waals surface area contributed by atoms with Gasteiger partial charge in [-0.05, 0) is 6.92 Å². The first-order chi connectivity index (χ1) is 7.13. The zero-order chi connectivity index (χ0) is 11.3. The minimum absolute atomic E-state index is 0.00341. The van der Waals surface area contributed by atoms with Crippen molar-refractivity contribution in [1.29, 1.82) is 0 Å². The first kappa shape index (κ1) is 11.4. The topological polar surface area (TPSA) is 94.4 Å². The summed E-state index contributed by atoms with van der Waals surface area (Å²) in [5.41, 5.74) is 0.747. The van der Waals surface area contributed by atoms with Gasteiger partial charge >= 0.3 is 0 Å². The fraction of sp³-hybridized carbons (Fsp3) is 0.429. The zero-order valence-electron chi connectivity index (χ0n) is 7.93. The van der Waals surface area contributed by atoms with Crippen molar-refractivity contribution < 1.29 is 14.7 Å². The molecule has 0 bridgehead atoms. The van der Waals surface area contributed by atoms with Gasteiger partial charge in [-0.1, -0.05) is 0 Å². The van der Waals surface area contributed by atoms with Gasteiger partial charge in [0.15, 0.2) is 5.13 Å². The van der Waals surface area contributed by atoms with Crippen LogP contribution in [0.15, 0.2) is 0 Å². The molecular formula is C7H9N3O4S. The van der Waals surface area contributed by atoms with E-state index in [9.17, 15) is 14.9 Å². The molecule has 8 heteroatoms. The van der Waals surface area contributed by atoms with E-state index in [1.807, 2.05) is 0 Å². The van der Waals surface area contributed by atoms with Crippen LogP contribution in [-0.4, -0.2) is 23.1 Å². The van der Waals surface area contributed by atoms with Crippen molar-refractivity contribution in [2.45, 2.75) is 13.3 Å². The van der Waals surface area contributed by atoms with E-state index >= 15 is 0 Å². The molecule has 7 nitrogen and oxygen atoms in total. The summed E-state index contributed by atoms with van der Waals surface area (Å²) in [6.07, 6.45) is 0.945. The average molecular weight is 231 g/mol. The fourth-order valence-corrected chi connectivity index (χ4v) is 1.89. The van der Waals surface area contributed by atoms with E-state index in [0.29, 0.717) is 18.0 Å². The van der Waals surface area contributed by atoms with Gasteiger partial charge in [0.2, 0.25) is 6.41 Å². The van der Waals surface area contributed by atoms with Crippen molar-refractivity contribution in [1.82, 2.24) is 4.98 Å². The van der Waals surface area contributed by atoms with Gasteiger partial charge in [-0.2, -0.15) is 0 Å². The number of thiazole rings is 1. The summed E-state index contributed by atoms with van der Waals surface area (Å²) in [6, 6.07) is 0. The van der Waals surface area contributed by atoms with E-state index < -0.39 is 5.09 Å². The lowest BCUT2D eigenvalue weighted by Crippen LogP contribution is -2.04. The van der Waals surface area contributed by atoms with Crippen molar-refractivity contribution in [3.63, 3.8) is 0 Å². The molecule has 1 rings (SSSR count). The van der Waals surface area contributed by atoms with Gasteiger partial charge in [0.05, 0.1) is 5.69 Å². The second kappa shape index (κ2) is 5.25. The van der Waals surface area contributed by atoms with Gasteiger partial charge in [0, 0.05) is 11.3 Å². The van der Waals surface area contributed by atoms with Crippen molar-refractivity contribution >= 4 is 22.9 Å². The Hall–Kier alpha value is -1.70. The van der Waals surface area contributed by atoms with Crippen LogP contribution in [-0.2, 0) is 16.1 Å². The number of rotatable bonds is 6. The number of anilines is 1. The molecule has 1 N–H and O–H groups in total. The quantitative estimate of drug-likeness (QED) is 0.443. The highest BCUT2D eigenvalue weighted by Crippen LogP contribution is 2.22. The Labute approximate surface area is 89.2 Å². The minimum atomic E-state index is -0.832. The maximum absolute atomic E-state index is 10.1. The number of nitrogens with one attached hydrogen (secondary N) is 1. The molecule has 1 heterocycles. The second-order valence-electron chi connectivity index (χ2n) is 2.60. The van der Waals surface area contributed by atoms with Gasteiger partial charge in [-0.3, -0.25) is 4.79 Å². The Morgan fingerprint density at radius 2 is 2.47 bits per heavy atom. The molecule has 0 saturated carbocycles. The zero-order valence-corrected chi connectivity index (χ0v) is 8.74. The average Bonchev–Trinajstić information content (AvgIpc) is 2.47. The van der Waals surface area contributed by atoms with Crippen LogP contribution in [0.1, 0.15) is 10.6 Å². The lowest BCUT2D eigenvalue weighted by molar-refractivity contribution is -0.757. The third kappa shape index (κ3) is 3.50. The SMILES string of the molecule is Cc1nc(NC=O)sc1CCO[N+](=O)[O-]. The number of aromatic nitrogens is 1. The highest BCUT2D eigenvalue weighted by molar-refractivity contribution is 7.15. The van der Waals surface area contributed by atoms with Crippen LogP contribution < -0.4 is 5.32 Å². The number of hydrogen-bond donors (Lipinski definition) is 1. The standard InChI is InChI=1S/C7H9N3O4S/c1-5-6(2-3-14-10(12)13)15-7(9-5)8-4-11/h4H,2-3H2,1H3,(H,8,9,11). The van der Waals surface area contributed by atoms with Gasteiger partial charge < -0.3 is 10.2 Å². The Morgan fingerprint density at radius 1 is 1.73 bits per heavy atom. The lowest BCUT2D eigenvalue weighted by atomic mass is 10.3. The summed E-state index contributed by atoms with van der Waals surface area (Å²) < 4.78 is 0. The normalized spacial score (nSPS) is 9.67. The molecule has 0 spiro atoms. The van der Waals surface area contributed by atoms with E-state index in [0.717, 1.165) is 10.6 Å². The summed E-state index contributed by atoms with van der Waals surface area (Å²) in [6.45, 7) is 1.77. The van der Waals surface area contributed by atoms with Crippen molar-refractivity contribution in [2.75, 3.05) is 11.9 Å². The van der Waals surface area contributed by atoms with E-state index in [2.05, 4.69) is 15.1 Å². The summed E-state index contributed by atoms with van der Waals surface area (Å²) >= 11 is 1.28. The Balaban J connectivity index is 2.53. The molecule has 0 saturated heterocycles. The van der Waals surface area contributed by atoms with Crippen LogP contribution in [0, 0.1) is 17.0 Å². The smallest absolute Gasteiger partial charge is 0.294 e. The van der Waals surface area contributed by atoms with Crippen molar-refractivity contribution in [3.05, 3.63) is 20.7 Å². The predicted molar refractivity (Wildman–Crippen MR) is 53.2 cm³/mol. The third-order valence-electron chi connectivity index (χ3n) is 1.60. The molecule has 15 heavy (non-hydrogen) atoms. The predicted octanol–water partition coefficient (Wildman–Crippen LogP) is 0.771. The van der Waals surface area contributed by atoms with E-state index in [1.54, 1.807) is 6.92 Å². The molecule has 0 aliphatic carbocycles. The first-order valence-corrected chi connectivity index (χ1v) is 4.89. The Kier molecular flexibility index (Phi) is 3.98. The molecule has 0 unspecified atom stereocenters. The van der Waals surface area contributed by atoms with Crippen molar-refractivity contribution in [2.24, 2.45) is 0 Å². The molecule has 0 aliphatic heterocycles. The second-order valence-corrected chi connectivity index (χ2v) is 3.68. The highest BCUT2D eigenvalue weighted by Gasteiger charge is 2.07. The number of carbonyl (C=O) groups is 1. The van der Waals surface area contributed by atoms with E-state index in [4.69, 9.17) is 0 Å². The van der Waals surface area contributed by atoms with Crippen molar-refractivity contribution in [3.8, 4) is 0 Å². The van der Waals surface area contributed by atoms with Crippen LogP contribution in [0.2, 0.25) is 0 Å². The number of nitrogens with zero attached hydrogens (tertiary/aromatic N) is 2. The number of aryl methyl sites for hydroxylation is 1. The van der Waals surface area contributed by atoms with Crippen LogP contribution in [0.5, 0.6) is 0 Å². The van der Waals surface area contributed by atoms with Gasteiger partial charge in [-0.25, -0.2) is 4.98 Å². The van der Waals surface area contributed by atoms with E-state index in [1.165, 1.54) is 11.3 Å². The Morgan fingerprint density at radius 3 is 3.07 bits per heavy atom. The maximum atomic E-state index is 10.1. The Bertz CT molecular complexity index is 365. The fourth-order valence-electron chi connectivity index (χ4n) is 0.985. The molecule has 0 radical (unpaired) electrons. The molecule has 0 fully saturated rings. The minimum Gasteiger partial charge on any atom is -0.314 e. The number of carbonyl (C=O) groups excluding carboxylic acids is 1. The summed E-state index contributed by atoms with van der Waals surface area (Å²) in [5.74, 6) is 0. The third-order valence-corrected chi connectivity index (χ3v) is 2.75. The molecule has 1 aromatic rings. The molecule has 1 aromatic heterocycles.